The molecule has 0 saturated carbocycles. The molecule has 2 aliphatic heterocycles. The molecule has 2 heterocycles. The summed E-state index contributed by atoms with van der Waals surface area (Å²) in [5.41, 5.74) is 0.748. The van der Waals surface area contributed by atoms with E-state index in [1.54, 1.807) is 6.92 Å². The van der Waals surface area contributed by atoms with Crippen molar-refractivity contribution >= 4 is 29.8 Å². The van der Waals surface area contributed by atoms with Gasteiger partial charge in [-0.1, -0.05) is 23.8 Å². The van der Waals surface area contributed by atoms with Crippen LogP contribution in [-0.4, -0.2) is 42.6 Å². The average Bonchev–Trinajstić information content (AvgIpc) is 2.92. The van der Waals surface area contributed by atoms with E-state index in [0.29, 0.717) is 37.0 Å². The van der Waals surface area contributed by atoms with Crippen LogP contribution in [0.4, 0.5) is 0 Å². The molecule has 7 heteroatoms. The van der Waals surface area contributed by atoms with Crippen molar-refractivity contribution in [3.63, 3.8) is 0 Å². The number of aldehydes is 1. The summed E-state index contributed by atoms with van der Waals surface area (Å²) in [4.78, 5) is 34.8. The second kappa shape index (κ2) is 9.15. The molecule has 2 bridgehead atoms. The molecular formula is C18H23ClO6. The van der Waals surface area contributed by atoms with Gasteiger partial charge in [-0.15, -0.1) is 0 Å². The highest BCUT2D eigenvalue weighted by Crippen LogP contribution is 2.28. The minimum Gasteiger partial charge on any atom is -0.459 e. The van der Waals surface area contributed by atoms with Crippen LogP contribution in [0.1, 0.15) is 46.0 Å². The summed E-state index contributed by atoms with van der Waals surface area (Å²) in [7, 11) is 0. The number of esters is 2. The number of hydrogen-bond acceptors (Lipinski definition) is 6. The summed E-state index contributed by atoms with van der Waals surface area (Å²) < 4.78 is 16.3. The normalized spacial score (nSPS) is 35.4. The third kappa shape index (κ3) is 5.97. The van der Waals surface area contributed by atoms with E-state index in [1.807, 2.05) is 12.2 Å². The van der Waals surface area contributed by atoms with Crippen LogP contribution in [0.25, 0.3) is 0 Å². The lowest BCUT2D eigenvalue weighted by Gasteiger charge is -2.20. The number of ether oxygens (including phenoxy) is 3. The fraction of sp³-hybridized carbons (Fsp3) is 0.611. The zero-order valence-electron chi connectivity index (χ0n) is 14.4. The number of allylic oxidation sites excluding steroid dienone is 3. The summed E-state index contributed by atoms with van der Waals surface area (Å²) in [5.74, 6) is -0.999. The molecule has 0 radical (unpaired) electrons. The molecular weight excluding hydrogens is 348 g/mol. The summed E-state index contributed by atoms with van der Waals surface area (Å²) in [6.07, 6.45) is 4.33. The lowest BCUT2D eigenvalue weighted by molar-refractivity contribution is -0.157. The molecule has 0 aromatic carbocycles. The van der Waals surface area contributed by atoms with Crippen LogP contribution in [0, 0.1) is 0 Å². The van der Waals surface area contributed by atoms with Gasteiger partial charge in [-0.2, -0.15) is 0 Å². The molecule has 2 rings (SSSR count). The lowest BCUT2D eigenvalue weighted by atomic mass is 10.0. The molecule has 6 nitrogen and oxygen atoms in total. The fourth-order valence-electron chi connectivity index (χ4n) is 2.95. The Labute approximate surface area is 152 Å². The number of carbonyl (C=O) groups is 3. The molecule has 0 spiro atoms. The van der Waals surface area contributed by atoms with Crippen LogP contribution < -0.4 is 0 Å². The first-order valence-corrected chi connectivity index (χ1v) is 8.75. The van der Waals surface area contributed by atoms with Gasteiger partial charge in [-0.3, -0.25) is 9.59 Å². The zero-order chi connectivity index (χ0) is 18.4. The Morgan fingerprint density at radius 1 is 1.40 bits per heavy atom. The highest BCUT2D eigenvalue weighted by molar-refractivity contribution is 6.29. The van der Waals surface area contributed by atoms with Crippen LogP contribution in [0.2, 0.25) is 0 Å². The Bertz CT molecular complexity index is 582. The van der Waals surface area contributed by atoms with Gasteiger partial charge in [-0.05, 0) is 31.8 Å². The van der Waals surface area contributed by atoms with E-state index in [0.717, 1.165) is 5.57 Å². The third-order valence-electron chi connectivity index (χ3n) is 4.28. The van der Waals surface area contributed by atoms with Crippen molar-refractivity contribution in [2.45, 2.75) is 70.4 Å². The first-order chi connectivity index (χ1) is 11.9. The molecule has 138 valence electrons. The van der Waals surface area contributed by atoms with Gasteiger partial charge in [-0.25, -0.2) is 0 Å². The summed E-state index contributed by atoms with van der Waals surface area (Å²) in [6.45, 7) is 3.08. The Morgan fingerprint density at radius 3 is 2.84 bits per heavy atom. The lowest BCUT2D eigenvalue weighted by Crippen LogP contribution is -2.31. The van der Waals surface area contributed by atoms with Gasteiger partial charge in [0.05, 0.1) is 12.5 Å². The monoisotopic (exact) mass is 370 g/mol. The van der Waals surface area contributed by atoms with Crippen LogP contribution in [0.15, 0.2) is 22.8 Å². The van der Waals surface area contributed by atoms with E-state index in [-0.39, 0.29) is 12.5 Å². The van der Waals surface area contributed by atoms with Crippen molar-refractivity contribution in [1.29, 1.82) is 0 Å². The predicted molar refractivity (Wildman–Crippen MR) is 90.9 cm³/mol. The topological polar surface area (TPSA) is 78.9 Å². The first kappa shape index (κ1) is 19.7. The second-order valence-corrected chi connectivity index (χ2v) is 6.78. The number of carbonyl (C=O) groups excluding carboxylic acids is 3. The first-order valence-electron chi connectivity index (χ1n) is 8.37. The minimum atomic E-state index is -0.773. The van der Waals surface area contributed by atoms with Gasteiger partial charge in [0.25, 0.3) is 0 Å². The van der Waals surface area contributed by atoms with Crippen molar-refractivity contribution in [3.05, 3.63) is 22.8 Å². The van der Waals surface area contributed by atoms with Crippen LogP contribution in [-0.2, 0) is 28.6 Å². The summed E-state index contributed by atoms with van der Waals surface area (Å²) in [5, 5.41) is 0.705. The molecule has 0 N–H and O–H groups in total. The zero-order valence-corrected chi connectivity index (χ0v) is 15.2. The van der Waals surface area contributed by atoms with E-state index >= 15 is 0 Å². The third-order valence-corrected chi connectivity index (χ3v) is 4.62. The average molecular weight is 371 g/mol. The highest BCUT2D eigenvalue weighted by Gasteiger charge is 2.38. The predicted octanol–water partition coefficient (Wildman–Crippen LogP) is 2.83. The van der Waals surface area contributed by atoms with Gasteiger partial charge >= 0.3 is 11.9 Å². The van der Waals surface area contributed by atoms with Gasteiger partial charge < -0.3 is 19.0 Å². The van der Waals surface area contributed by atoms with Crippen LogP contribution in [0.3, 0.4) is 0 Å². The minimum absolute atomic E-state index is 0.105. The van der Waals surface area contributed by atoms with E-state index < -0.39 is 30.3 Å². The van der Waals surface area contributed by atoms with Crippen LogP contribution >= 0.6 is 11.6 Å². The van der Waals surface area contributed by atoms with E-state index in [1.165, 1.54) is 6.92 Å². The Kier molecular flexibility index (Phi) is 7.20. The number of fused-ring (bicyclic) bond motifs is 2. The Balaban J connectivity index is 2.20. The van der Waals surface area contributed by atoms with Gasteiger partial charge in [0.15, 0.2) is 6.29 Å². The Hall–Kier alpha value is -1.66. The smallest absolute Gasteiger partial charge is 0.310 e. The molecule has 1 unspecified atom stereocenters. The highest BCUT2D eigenvalue weighted by atomic mass is 35.5. The van der Waals surface area contributed by atoms with Crippen molar-refractivity contribution < 1.29 is 28.6 Å². The van der Waals surface area contributed by atoms with Crippen molar-refractivity contribution in [1.82, 2.24) is 0 Å². The number of hydrogen-bond donors (Lipinski definition) is 0. The van der Waals surface area contributed by atoms with E-state index in [4.69, 9.17) is 25.8 Å². The van der Waals surface area contributed by atoms with Gasteiger partial charge in [0.2, 0.25) is 0 Å². The number of rotatable bonds is 2. The Morgan fingerprint density at radius 2 is 2.16 bits per heavy atom. The SMILES string of the molecule is CC(=O)O[C@@H]1CC(=O)O[C@@H]2CC(CC/C(Cl)=C\C/C=C\1C)O[C@@H]2C=O. The molecule has 4 atom stereocenters. The molecule has 1 saturated heterocycles. The van der Waals surface area contributed by atoms with Crippen molar-refractivity contribution in [2.75, 3.05) is 0 Å². The standard InChI is InChI=1S/C18H23ClO6/c1-11-4-3-5-13(19)6-7-14-8-16(17(10-20)24-14)25-18(22)9-15(11)23-12(2)21/h4-5,10,14-17H,3,6-9H2,1-2H3/b11-4-,13-5+/t14?,15-,16-,17-/m1/s1. The fourth-order valence-corrected chi connectivity index (χ4v) is 3.15. The van der Waals surface area contributed by atoms with Gasteiger partial charge in [0, 0.05) is 18.4 Å². The molecule has 0 aromatic rings. The number of halogens is 1. The van der Waals surface area contributed by atoms with E-state index in [2.05, 4.69) is 0 Å². The van der Waals surface area contributed by atoms with Gasteiger partial charge in [0.1, 0.15) is 18.3 Å². The molecule has 0 aliphatic carbocycles. The molecule has 0 aromatic heterocycles. The summed E-state index contributed by atoms with van der Waals surface area (Å²) >= 11 is 6.22. The quantitative estimate of drug-likeness (QED) is 0.422. The van der Waals surface area contributed by atoms with Crippen molar-refractivity contribution in [3.8, 4) is 0 Å². The van der Waals surface area contributed by atoms with E-state index in [9.17, 15) is 14.4 Å². The molecule has 25 heavy (non-hydrogen) atoms. The maximum Gasteiger partial charge on any atom is 0.310 e. The summed E-state index contributed by atoms with van der Waals surface area (Å²) in [6, 6.07) is 0. The van der Waals surface area contributed by atoms with Crippen LogP contribution in [0.5, 0.6) is 0 Å². The molecule has 1 fully saturated rings. The maximum absolute atomic E-state index is 12.2. The maximum atomic E-state index is 12.2. The second-order valence-electron chi connectivity index (χ2n) is 6.30. The molecule has 2 aliphatic rings. The molecule has 0 amide bonds. The largest absolute Gasteiger partial charge is 0.459 e. The van der Waals surface area contributed by atoms with Crippen molar-refractivity contribution in [2.24, 2.45) is 0 Å².